The normalized spacial score (nSPS) is 18.6. The molecule has 1 amide bonds. The van der Waals surface area contributed by atoms with Gasteiger partial charge >= 0.3 is 0 Å². The van der Waals surface area contributed by atoms with E-state index in [0.717, 1.165) is 23.7 Å². The predicted octanol–water partition coefficient (Wildman–Crippen LogP) is 2.14. The number of benzene rings is 1. The van der Waals surface area contributed by atoms with Gasteiger partial charge in [0.05, 0.1) is 6.42 Å². The zero-order valence-corrected chi connectivity index (χ0v) is 11.6. The quantitative estimate of drug-likeness (QED) is 0.856. The van der Waals surface area contributed by atoms with Crippen molar-refractivity contribution in [2.45, 2.75) is 12.8 Å². The summed E-state index contributed by atoms with van der Waals surface area (Å²) in [5.74, 6) is 3.44. The van der Waals surface area contributed by atoms with Crippen LogP contribution in [0, 0.1) is 5.92 Å². The predicted molar refractivity (Wildman–Crippen MR) is 78.1 cm³/mol. The Morgan fingerprint density at radius 3 is 2.78 bits per heavy atom. The van der Waals surface area contributed by atoms with Crippen LogP contribution in [-0.2, 0) is 11.2 Å². The van der Waals surface area contributed by atoms with Crippen molar-refractivity contribution in [1.82, 2.24) is 5.32 Å². The van der Waals surface area contributed by atoms with Crippen LogP contribution in [0.2, 0.25) is 0 Å². The molecule has 1 saturated heterocycles. The molecule has 1 heterocycles. The second-order valence-electron chi connectivity index (χ2n) is 4.66. The number of carbonyl (C=O) groups is 1. The van der Waals surface area contributed by atoms with Crippen molar-refractivity contribution in [2.75, 3.05) is 30.4 Å². The Kier molecular flexibility index (Phi) is 4.93. The van der Waals surface area contributed by atoms with Crippen LogP contribution in [0.15, 0.2) is 24.3 Å². The van der Waals surface area contributed by atoms with Gasteiger partial charge in [-0.3, -0.25) is 4.79 Å². The average Bonchev–Trinajstić information content (AvgIpc) is 2.91. The molecule has 1 aromatic carbocycles. The Balaban J connectivity index is 1.81. The number of thioether (sulfide) groups is 1. The number of likely N-dealkylation sites (N-methyl/N-ethyl adjacent to an activating group) is 1. The molecule has 2 N–H and O–H groups in total. The zero-order valence-electron chi connectivity index (χ0n) is 10.7. The third-order valence-corrected chi connectivity index (χ3v) is 4.45. The van der Waals surface area contributed by atoms with Crippen molar-refractivity contribution in [2.24, 2.45) is 5.92 Å². The van der Waals surface area contributed by atoms with Crippen molar-refractivity contribution >= 4 is 23.4 Å². The minimum Gasteiger partial charge on any atom is -0.385 e. The fourth-order valence-electron chi connectivity index (χ4n) is 2.02. The molecule has 4 heteroatoms. The standard InChI is InChI=1S/C14H20N2OS/c1-15-14(17)8-11-2-4-13(5-3-11)16-9-12-6-7-18-10-12/h2-5,12,16H,6-10H2,1H3,(H,15,17). The van der Waals surface area contributed by atoms with E-state index in [4.69, 9.17) is 0 Å². The maximum absolute atomic E-state index is 11.2. The number of nitrogens with one attached hydrogen (secondary N) is 2. The highest BCUT2D eigenvalue weighted by Crippen LogP contribution is 2.23. The van der Waals surface area contributed by atoms with Gasteiger partial charge in [0.25, 0.3) is 0 Å². The largest absolute Gasteiger partial charge is 0.385 e. The molecule has 1 unspecified atom stereocenters. The van der Waals surface area contributed by atoms with Crippen LogP contribution in [0.4, 0.5) is 5.69 Å². The molecule has 1 fully saturated rings. The van der Waals surface area contributed by atoms with E-state index in [9.17, 15) is 4.79 Å². The van der Waals surface area contributed by atoms with Crippen molar-refractivity contribution in [3.8, 4) is 0 Å². The smallest absolute Gasteiger partial charge is 0.224 e. The molecule has 0 bridgehead atoms. The summed E-state index contributed by atoms with van der Waals surface area (Å²) in [6, 6.07) is 8.14. The molecule has 2 rings (SSSR count). The van der Waals surface area contributed by atoms with E-state index < -0.39 is 0 Å². The van der Waals surface area contributed by atoms with Gasteiger partial charge in [0.1, 0.15) is 0 Å². The summed E-state index contributed by atoms with van der Waals surface area (Å²) in [6.45, 7) is 1.06. The SMILES string of the molecule is CNC(=O)Cc1ccc(NCC2CCSC2)cc1. The first kappa shape index (κ1) is 13.3. The van der Waals surface area contributed by atoms with E-state index in [0.29, 0.717) is 6.42 Å². The molecule has 1 aromatic rings. The van der Waals surface area contributed by atoms with Gasteiger partial charge in [-0.1, -0.05) is 12.1 Å². The lowest BCUT2D eigenvalue weighted by Crippen LogP contribution is -2.19. The Hall–Kier alpha value is -1.16. The second kappa shape index (κ2) is 6.69. The van der Waals surface area contributed by atoms with Gasteiger partial charge in [-0.15, -0.1) is 0 Å². The van der Waals surface area contributed by atoms with Gasteiger partial charge in [0.2, 0.25) is 5.91 Å². The van der Waals surface area contributed by atoms with Gasteiger partial charge in [0, 0.05) is 19.3 Å². The molecule has 1 atom stereocenters. The molecular formula is C14H20N2OS. The first-order valence-electron chi connectivity index (χ1n) is 6.39. The molecule has 98 valence electrons. The molecular weight excluding hydrogens is 244 g/mol. The lowest BCUT2D eigenvalue weighted by molar-refractivity contribution is -0.119. The topological polar surface area (TPSA) is 41.1 Å². The van der Waals surface area contributed by atoms with Crippen molar-refractivity contribution < 1.29 is 4.79 Å². The number of amides is 1. The zero-order chi connectivity index (χ0) is 12.8. The molecule has 0 aromatic heterocycles. The van der Waals surface area contributed by atoms with Crippen molar-refractivity contribution in [3.05, 3.63) is 29.8 Å². The summed E-state index contributed by atoms with van der Waals surface area (Å²) < 4.78 is 0. The minimum absolute atomic E-state index is 0.0543. The van der Waals surface area contributed by atoms with E-state index in [1.54, 1.807) is 7.05 Å². The fraction of sp³-hybridized carbons (Fsp3) is 0.500. The number of carbonyl (C=O) groups excluding carboxylic acids is 1. The molecule has 0 spiro atoms. The summed E-state index contributed by atoms with van der Waals surface area (Å²) >= 11 is 2.04. The summed E-state index contributed by atoms with van der Waals surface area (Å²) in [6.07, 6.45) is 1.78. The Bertz CT molecular complexity index is 385. The third kappa shape index (κ3) is 3.95. The molecule has 1 aliphatic heterocycles. The van der Waals surface area contributed by atoms with Gasteiger partial charge < -0.3 is 10.6 Å². The number of hydrogen-bond acceptors (Lipinski definition) is 3. The summed E-state index contributed by atoms with van der Waals surface area (Å²) in [4.78, 5) is 11.2. The number of anilines is 1. The second-order valence-corrected chi connectivity index (χ2v) is 5.81. The van der Waals surface area contributed by atoms with Crippen LogP contribution in [-0.4, -0.2) is 31.0 Å². The summed E-state index contributed by atoms with van der Waals surface area (Å²) in [5.41, 5.74) is 2.20. The first-order chi connectivity index (χ1) is 8.78. The molecule has 0 aliphatic carbocycles. The van der Waals surface area contributed by atoms with Crippen LogP contribution in [0.5, 0.6) is 0 Å². The summed E-state index contributed by atoms with van der Waals surface area (Å²) in [7, 11) is 1.66. The van der Waals surface area contributed by atoms with Crippen LogP contribution >= 0.6 is 11.8 Å². The van der Waals surface area contributed by atoms with Crippen LogP contribution in [0.25, 0.3) is 0 Å². The Morgan fingerprint density at radius 2 is 2.17 bits per heavy atom. The minimum atomic E-state index is 0.0543. The van der Waals surface area contributed by atoms with Crippen LogP contribution in [0.3, 0.4) is 0 Å². The molecule has 0 radical (unpaired) electrons. The van der Waals surface area contributed by atoms with E-state index in [2.05, 4.69) is 22.8 Å². The van der Waals surface area contributed by atoms with E-state index >= 15 is 0 Å². The van der Waals surface area contributed by atoms with Gasteiger partial charge in [0.15, 0.2) is 0 Å². The highest BCUT2D eigenvalue weighted by molar-refractivity contribution is 7.99. The molecule has 3 nitrogen and oxygen atoms in total. The highest BCUT2D eigenvalue weighted by Gasteiger charge is 2.14. The van der Waals surface area contributed by atoms with Gasteiger partial charge in [-0.2, -0.15) is 11.8 Å². The Labute approximate surface area is 113 Å². The lowest BCUT2D eigenvalue weighted by atomic mass is 10.1. The first-order valence-corrected chi connectivity index (χ1v) is 7.54. The molecule has 0 saturated carbocycles. The maximum atomic E-state index is 11.2. The fourth-order valence-corrected chi connectivity index (χ4v) is 3.31. The number of hydrogen-bond donors (Lipinski definition) is 2. The summed E-state index contributed by atoms with van der Waals surface area (Å²) in [5, 5.41) is 6.10. The third-order valence-electron chi connectivity index (χ3n) is 3.22. The molecule has 1 aliphatic rings. The van der Waals surface area contributed by atoms with Crippen molar-refractivity contribution in [3.63, 3.8) is 0 Å². The average molecular weight is 264 g/mol. The van der Waals surface area contributed by atoms with Crippen LogP contribution < -0.4 is 10.6 Å². The molecule has 18 heavy (non-hydrogen) atoms. The van der Waals surface area contributed by atoms with Crippen molar-refractivity contribution in [1.29, 1.82) is 0 Å². The maximum Gasteiger partial charge on any atom is 0.224 e. The highest BCUT2D eigenvalue weighted by atomic mass is 32.2. The van der Waals surface area contributed by atoms with Crippen LogP contribution in [0.1, 0.15) is 12.0 Å². The Morgan fingerprint density at radius 1 is 1.39 bits per heavy atom. The lowest BCUT2D eigenvalue weighted by Gasteiger charge is -2.11. The van der Waals surface area contributed by atoms with Gasteiger partial charge in [-0.05, 0) is 41.5 Å². The van der Waals surface area contributed by atoms with E-state index in [-0.39, 0.29) is 5.91 Å². The van der Waals surface area contributed by atoms with E-state index in [1.165, 1.54) is 17.9 Å². The van der Waals surface area contributed by atoms with Gasteiger partial charge in [-0.25, -0.2) is 0 Å². The monoisotopic (exact) mass is 264 g/mol. The van der Waals surface area contributed by atoms with E-state index in [1.807, 2.05) is 23.9 Å². The number of rotatable bonds is 5.